The average Bonchev–Trinajstić information content (AvgIpc) is 2.69. The van der Waals surface area contributed by atoms with Crippen LogP contribution in [0.3, 0.4) is 0 Å². The molecule has 0 fully saturated rings. The molecule has 0 unspecified atom stereocenters. The maximum absolute atomic E-state index is 12.2. The molecule has 2 N–H and O–H groups in total. The van der Waals surface area contributed by atoms with Crippen LogP contribution in [0, 0.1) is 0 Å². The zero-order valence-electron chi connectivity index (χ0n) is 14.9. The lowest BCUT2D eigenvalue weighted by molar-refractivity contribution is -0.124. The van der Waals surface area contributed by atoms with Gasteiger partial charge in [0.2, 0.25) is 17.2 Å². The Hall–Kier alpha value is -3.48. The molecule has 2 amide bonds. The van der Waals surface area contributed by atoms with Crippen molar-refractivity contribution in [1.29, 1.82) is 0 Å². The van der Waals surface area contributed by atoms with Crippen LogP contribution in [0.2, 0.25) is 0 Å². The Morgan fingerprint density at radius 3 is 2.59 bits per heavy atom. The van der Waals surface area contributed by atoms with Gasteiger partial charge in [-0.1, -0.05) is 37.3 Å². The molecule has 7 heteroatoms. The van der Waals surface area contributed by atoms with Gasteiger partial charge in [0.05, 0.1) is 18.3 Å². The second-order valence-corrected chi connectivity index (χ2v) is 6.02. The van der Waals surface area contributed by atoms with E-state index in [-0.39, 0.29) is 30.3 Å². The fraction of sp³-hybridized carbons (Fsp3) is 0.200. The number of aromatic nitrogens is 2. The topological polar surface area (TPSA) is 93.1 Å². The minimum absolute atomic E-state index is 0.0837. The van der Waals surface area contributed by atoms with Gasteiger partial charge in [-0.3, -0.25) is 19.1 Å². The van der Waals surface area contributed by atoms with E-state index in [1.54, 1.807) is 24.3 Å². The van der Waals surface area contributed by atoms with Crippen LogP contribution >= 0.6 is 0 Å². The first-order valence-corrected chi connectivity index (χ1v) is 8.68. The van der Waals surface area contributed by atoms with E-state index in [0.717, 1.165) is 17.7 Å². The highest BCUT2D eigenvalue weighted by Crippen LogP contribution is 2.15. The van der Waals surface area contributed by atoms with E-state index in [4.69, 9.17) is 0 Å². The molecule has 1 aromatic heterocycles. The maximum atomic E-state index is 12.2. The Morgan fingerprint density at radius 1 is 1.04 bits per heavy atom. The van der Waals surface area contributed by atoms with E-state index in [9.17, 15) is 14.4 Å². The van der Waals surface area contributed by atoms with Gasteiger partial charge in [0.1, 0.15) is 6.54 Å². The van der Waals surface area contributed by atoms with E-state index in [1.807, 2.05) is 31.2 Å². The molecule has 0 atom stereocenters. The van der Waals surface area contributed by atoms with Crippen LogP contribution in [0.5, 0.6) is 0 Å². The zero-order chi connectivity index (χ0) is 19.2. The van der Waals surface area contributed by atoms with Crippen molar-refractivity contribution < 1.29 is 9.59 Å². The number of anilines is 1. The van der Waals surface area contributed by atoms with Crippen molar-refractivity contribution in [1.82, 2.24) is 15.1 Å². The normalized spacial score (nSPS) is 10.6. The van der Waals surface area contributed by atoms with Crippen molar-refractivity contribution >= 4 is 28.4 Å². The van der Waals surface area contributed by atoms with Gasteiger partial charge in [-0.2, -0.15) is 5.10 Å². The first kappa shape index (κ1) is 18.3. The number of fused-ring (bicyclic) bond motifs is 1. The highest BCUT2D eigenvalue weighted by molar-refractivity contribution is 5.95. The van der Waals surface area contributed by atoms with Crippen LogP contribution in [0.25, 0.3) is 10.9 Å². The van der Waals surface area contributed by atoms with E-state index in [0.29, 0.717) is 10.9 Å². The minimum Gasteiger partial charge on any atom is -0.345 e. The molecule has 0 spiro atoms. The molecule has 0 aliphatic carbocycles. The van der Waals surface area contributed by atoms with Gasteiger partial charge in [-0.15, -0.1) is 0 Å². The first-order valence-electron chi connectivity index (χ1n) is 8.68. The largest absolute Gasteiger partial charge is 0.345 e. The molecule has 27 heavy (non-hydrogen) atoms. The molecule has 138 valence electrons. The lowest BCUT2D eigenvalue weighted by Crippen LogP contribution is -2.35. The number of benzene rings is 2. The van der Waals surface area contributed by atoms with Crippen LogP contribution in [-0.4, -0.2) is 28.1 Å². The Balaban J connectivity index is 1.61. The van der Waals surface area contributed by atoms with Gasteiger partial charge in [0.15, 0.2) is 0 Å². The fourth-order valence-corrected chi connectivity index (χ4v) is 2.80. The number of hydrogen-bond donors (Lipinski definition) is 2. The van der Waals surface area contributed by atoms with E-state index in [1.165, 1.54) is 10.9 Å². The summed E-state index contributed by atoms with van der Waals surface area (Å²) in [7, 11) is 0. The summed E-state index contributed by atoms with van der Waals surface area (Å²) in [5.41, 5.74) is 2.14. The maximum Gasteiger partial charge on any atom is 0.243 e. The van der Waals surface area contributed by atoms with E-state index >= 15 is 0 Å². The van der Waals surface area contributed by atoms with Crippen molar-refractivity contribution in [2.45, 2.75) is 19.9 Å². The first-order chi connectivity index (χ1) is 13.1. The molecule has 0 saturated carbocycles. The summed E-state index contributed by atoms with van der Waals surface area (Å²) in [6.45, 7) is 1.78. The van der Waals surface area contributed by atoms with Gasteiger partial charge in [-0.25, -0.2) is 0 Å². The van der Waals surface area contributed by atoms with Crippen molar-refractivity contribution in [3.05, 3.63) is 70.5 Å². The Bertz CT molecular complexity index is 1040. The van der Waals surface area contributed by atoms with Gasteiger partial charge in [0.25, 0.3) is 0 Å². The van der Waals surface area contributed by atoms with Crippen molar-refractivity contribution in [2.75, 3.05) is 11.9 Å². The molecular weight excluding hydrogens is 344 g/mol. The monoisotopic (exact) mass is 364 g/mol. The SMILES string of the molecule is CCc1ccccc1NC(=O)CNC(=O)Cn1ncc(=O)c2ccccc21. The number of carbonyl (C=O) groups is 2. The lowest BCUT2D eigenvalue weighted by atomic mass is 10.1. The number of rotatable bonds is 6. The van der Waals surface area contributed by atoms with Crippen molar-refractivity contribution in [3.8, 4) is 0 Å². The lowest BCUT2D eigenvalue weighted by Gasteiger charge is -2.11. The molecule has 0 bridgehead atoms. The summed E-state index contributed by atoms with van der Waals surface area (Å²) in [5, 5.41) is 9.88. The Kier molecular flexibility index (Phi) is 5.61. The quantitative estimate of drug-likeness (QED) is 0.696. The molecule has 0 radical (unpaired) electrons. The number of nitrogens with zero attached hydrogens (tertiary/aromatic N) is 2. The van der Waals surface area contributed by atoms with Gasteiger partial charge in [-0.05, 0) is 30.2 Å². The molecule has 0 aliphatic heterocycles. The van der Waals surface area contributed by atoms with Gasteiger partial charge < -0.3 is 10.6 Å². The molecule has 2 aromatic carbocycles. The second-order valence-electron chi connectivity index (χ2n) is 6.02. The van der Waals surface area contributed by atoms with Crippen LogP contribution in [0.4, 0.5) is 5.69 Å². The van der Waals surface area contributed by atoms with Crippen LogP contribution in [-0.2, 0) is 22.6 Å². The highest BCUT2D eigenvalue weighted by atomic mass is 16.2. The minimum atomic E-state index is -0.366. The molecule has 0 saturated heterocycles. The second kappa shape index (κ2) is 8.27. The number of carbonyl (C=O) groups excluding carboxylic acids is 2. The molecule has 1 heterocycles. The summed E-state index contributed by atoms with van der Waals surface area (Å²) in [4.78, 5) is 36.1. The van der Waals surface area contributed by atoms with Crippen molar-refractivity contribution in [2.24, 2.45) is 0 Å². The van der Waals surface area contributed by atoms with Crippen LogP contribution < -0.4 is 16.1 Å². The van der Waals surface area contributed by atoms with E-state index < -0.39 is 0 Å². The number of aryl methyl sites for hydroxylation is 1. The summed E-state index contributed by atoms with van der Waals surface area (Å²) >= 11 is 0. The summed E-state index contributed by atoms with van der Waals surface area (Å²) in [5.74, 6) is -0.669. The molecule has 3 rings (SSSR count). The van der Waals surface area contributed by atoms with Gasteiger partial charge in [0, 0.05) is 11.1 Å². The zero-order valence-corrected chi connectivity index (χ0v) is 14.9. The number of para-hydroxylation sites is 2. The van der Waals surface area contributed by atoms with E-state index in [2.05, 4.69) is 15.7 Å². The predicted octanol–water partition coefficient (Wildman–Crippen LogP) is 1.71. The summed E-state index contributed by atoms with van der Waals surface area (Å²) in [6, 6.07) is 14.5. The summed E-state index contributed by atoms with van der Waals surface area (Å²) < 4.78 is 1.44. The Labute approximate surface area is 156 Å². The molecular formula is C20H20N4O3. The highest BCUT2D eigenvalue weighted by Gasteiger charge is 2.10. The van der Waals surface area contributed by atoms with Crippen LogP contribution in [0.1, 0.15) is 12.5 Å². The van der Waals surface area contributed by atoms with Crippen LogP contribution in [0.15, 0.2) is 59.5 Å². The summed E-state index contributed by atoms with van der Waals surface area (Å²) in [6.07, 6.45) is 1.98. The fourth-order valence-electron chi connectivity index (χ4n) is 2.80. The van der Waals surface area contributed by atoms with Gasteiger partial charge >= 0.3 is 0 Å². The Morgan fingerprint density at radius 2 is 1.78 bits per heavy atom. The standard InChI is InChI=1S/C20H20N4O3/c1-2-14-7-3-5-9-16(14)23-19(26)12-21-20(27)13-24-17-10-6-4-8-15(17)18(25)11-22-24/h3-11H,2,12-13H2,1H3,(H,21,27)(H,23,26). The molecule has 3 aromatic rings. The molecule has 0 aliphatic rings. The number of nitrogens with one attached hydrogen (secondary N) is 2. The smallest absolute Gasteiger partial charge is 0.243 e. The third-order valence-electron chi connectivity index (χ3n) is 4.17. The third kappa shape index (κ3) is 4.38. The predicted molar refractivity (Wildman–Crippen MR) is 103 cm³/mol. The van der Waals surface area contributed by atoms with Crippen molar-refractivity contribution in [3.63, 3.8) is 0 Å². The number of amides is 2. The number of hydrogen-bond acceptors (Lipinski definition) is 4. The third-order valence-corrected chi connectivity index (χ3v) is 4.17. The molecule has 7 nitrogen and oxygen atoms in total. The average molecular weight is 364 g/mol.